The van der Waals surface area contributed by atoms with Gasteiger partial charge in [-0.3, -0.25) is 9.89 Å². The van der Waals surface area contributed by atoms with Crippen LogP contribution in [0.4, 0.5) is 0 Å². The Morgan fingerprint density at radius 3 is 2.38 bits per heavy atom. The Balaban J connectivity index is 0.00000288. The van der Waals surface area contributed by atoms with Crippen LogP contribution >= 0.6 is 24.0 Å². The average Bonchev–Trinajstić information content (AvgIpc) is 2.58. The molecule has 2 rings (SSSR count). The fourth-order valence-electron chi connectivity index (χ4n) is 3.38. The molecule has 0 radical (unpaired) electrons. The Bertz CT molecular complexity index is 379. The van der Waals surface area contributed by atoms with Gasteiger partial charge in [-0.1, -0.05) is 0 Å². The number of morpholine rings is 1. The number of nitrogens with one attached hydrogen (secondary N) is 1. The summed E-state index contributed by atoms with van der Waals surface area (Å²) in [6.45, 7) is 14.1. The number of likely N-dealkylation sites (tertiary alicyclic amines) is 1. The minimum Gasteiger partial charge on any atom is -0.379 e. The molecule has 0 unspecified atom stereocenters. The predicted molar refractivity (Wildman–Crippen MR) is 109 cm³/mol. The third-order valence-electron chi connectivity index (χ3n) is 4.90. The lowest BCUT2D eigenvalue weighted by Gasteiger charge is -2.42. The number of halogens is 1. The smallest absolute Gasteiger partial charge is 0.193 e. The molecule has 0 saturated carbocycles. The highest BCUT2D eigenvalue weighted by molar-refractivity contribution is 14.0. The molecule has 2 saturated heterocycles. The molecule has 7 heteroatoms. The summed E-state index contributed by atoms with van der Waals surface area (Å²) in [6, 6.07) is 0. The zero-order valence-corrected chi connectivity index (χ0v) is 18.0. The molecule has 0 atom stereocenters. The van der Waals surface area contributed by atoms with Crippen molar-refractivity contribution in [2.24, 2.45) is 4.99 Å². The van der Waals surface area contributed by atoms with Gasteiger partial charge in [-0.15, -0.1) is 24.0 Å². The molecule has 6 nitrogen and oxygen atoms in total. The van der Waals surface area contributed by atoms with Crippen LogP contribution in [0.25, 0.3) is 0 Å². The number of guanidine groups is 1. The average molecular weight is 454 g/mol. The summed E-state index contributed by atoms with van der Waals surface area (Å²) in [6.07, 6.45) is 2.59. The molecule has 0 aromatic heterocycles. The van der Waals surface area contributed by atoms with E-state index in [-0.39, 0.29) is 29.5 Å². The molecule has 0 aromatic carbocycles. The van der Waals surface area contributed by atoms with Crippen LogP contribution in [0, 0.1) is 0 Å². The molecular weight excluding hydrogens is 419 g/mol. The number of rotatable bonds is 5. The lowest BCUT2D eigenvalue weighted by Crippen LogP contribution is -2.57. The molecule has 2 fully saturated rings. The van der Waals surface area contributed by atoms with E-state index in [4.69, 9.17) is 9.47 Å². The summed E-state index contributed by atoms with van der Waals surface area (Å²) >= 11 is 0. The Morgan fingerprint density at radius 1 is 1.21 bits per heavy atom. The van der Waals surface area contributed by atoms with Gasteiger partial charge in [-0.05, 0) is 33.6 Å². The number of piperidine rings is 1. The molecule has 2 heterocycles. The van der Waals surface area contributed by atoms with Crippen molar-refractivity contribution < 1.29 is 9.47 Å². The van der Waals surface area contributed by atoms with E-state index in [2.05, 4.69) is 40.9 Å². The lowest BCUT2D eigenvalue weighted by molar-refractivity contribution is -0.00871. The van der Waals surface area contributed by atoms with Crippen molar-refractivity contribution >= 4 is 29.9 Å². The number of hydrogen-bond donors (Lipinski definition) is 1. The third-order valence-corrected chi connectivity index (χ3v) is 4.90. The number of nitrogens with zero attached hydrogens (tertiary/aromatic N) is 3. The Kier molecular flexibility index (Phi) is 9.84. The molecule has 0 spiro atoms. The van der Waals surface area contributed by atoms with Crippen molar-refractivity contribution in [1.29, 1.82) is 0 Å². The van der Waals surface area contributed by atoms with Crippen LogP contribution in [0.15, 0.2) is 4.99 Å². The normalized spacial score (nSPS) is 21.5. The van der Waals surface area contributed by atoms with Gasteiger partial charge in [0, 0.05) is 51.9 Å². The van der Waals surface area contributed by atoms with Gasteiger partial charge < -0.3 is 19.7 Å². The molecule has 2 aliphatic heterocycles. The Labute approximate surface area is 164 Å². The second-order valence-electron chi connectivity index (χ2n) is 6.95. The quantitative estimate of drug-likeness (QED) is 0.390. The zero-order chi connectivity index (χ0) is 16.7. The first kappa shape index (κ1) is 21.9. The largest absolute Gasteiger partial charge is 0.379 e. The van der Waals surface area contributed by atoms with Crippen LogP contribution in [0.3, 0.4) is 0 Å². The number of ether oxygens (including phenoxy) is 2. The maximum Gasteiger partial charge on any atom is 0.193 e. The van der Waals surface area contributed by atoms with E-state index in [1.807, 2.05) is 7.05 Å². The van der Waals surface area contributed by atoms with Crippen molar-refractivity contribution in [2.75, 3.05) is 59.6 Å². The maximum atomic E-state index is 5.73. The molecule has 2 aliphatic rings. The minimum absolute atomic E-state index is 0. The third kappa shape index (κ3) is 6.31. The predicted octanol–water partition coefficient (Wildman–Crippen LogP) is 1.79. The molecule has 0 aromatic rings. The fraction of sp³-hybridized carbons (Fsp3) is 0.941. The van der Waals surface area contributed by atoms with Crippen molar-refractivity contribution in [3.8, 4) is 0 Å². The standard InChI is InChI=1S/C17H34N4O2.HI/c1-5-23-15-6-8-20(9-7-15)16(18-4)19-14-17(2,3)21-10-12-22-13-11-21;/h15H,5-14H2,1-4H3,(H,18,19);1H. The molecule has 0 aliphatic carbocycles. The van der Waals surface area contributed by atoms with Crippen LogP contribution in [0.2, 0.25) is 0 Å². The summed E-state index contributed by atoms with van der Waals surface area (Å²) in [4.78, 5) is 9.33. The second kappa shape index (κ2) is 10.8. The highest BCUT2D eigenvalue weighted by Gasteiger charge is 2.29. The van der Waals surface area contributed by atoms with Crippen LogP contribution in [0.1, 0.15) is 33.6 Å². The van der Waals surface area contributed by atoms with E-state index in [1.54, 1.807) is 0 Å². The van der Waals surface area contributed by atoms with Gasteiger partial charge in [0.25, 0.3) is 0 Å². The summed E-state index contributed by atoms with van der Waals surface area (Å²) in [5.41, 5.74) is 0.101. The topological polar surface area (TPSA) is 49.3 Å². The first-order chi connectivity index (χ1) is 11.1. The van der Waals surface area contributed by atoms with E-state index in [0.717, 1.165) is 71.3 Å². The van der Waals surface area contributed by atoms with Crippen molar-refractivity contribution in [2.45, 2.75) is 45.3 Å². The van der Waals surface area contributed by atoms with E-state index >= 15 is 0 Å². The van der Waals surface area contributed by atoms with Gasteiger partial charge in [0.05, 0.1) is 19.3 Å². The van der Waals surface area contributed by atoms with Crippen LogP contribution in [0.5, 0.6) is 0 Å². The van der Waals surface area contributed by atoms with Gasteiger partial charge in [-0.25, -0.2) is 0 Å². The summed E-state index contributed by atoms with van der Waals surface area (Å²) in [5.74, 6) is 1.02. The van der Waals surface area contributed by atoms with E-state index in [1.165, 1.54) is 0 Å². The minimum atomic E-state index is 0. The second-order valence-corrected chi connectivity index (χ2v) is 6.95. The van der Waals surface area contributed by atoms with Crippen LogP contribution < -0.4 is 5.32 Å². The van der Waals surface area contributed by atoms with E-state index in [9.17, 15) is 0 Å². The maximum absolute atomic E-state index is 5.73. The van der Waals surface area contributed by atoms with Crippen LogP contribution in [-0.2, 0) is 9.47 Å². The summed E-state index contributed by atoms with van der Waals surface area (Å²) in [7, 11) is 1.87. The monoisotopic (exact) mass is 454 g/mol. The van der Waals surface area contributed by atoms with Gasteiger partial charge in [-0.2, -0.15) is 0 Å². The van der Waals surface area contributed by atoms with E-state index in [0.29, 0.717) is 6.10 Å². The van der Waals surface area contributed by atoms with Crippen molar-refractivity contribution in [3.05, 3.63) is 0 Å². The molecule has 0 amide bonds. The lowest BCUT2D eigenvalue weighted by atomic mass is 10.0. The Morgan fingerprint density at radius 2 is 1.83 bits per heavy atom. The van der Waals surface area contributed by atoms with Crippen LogP contribution in [-0.4, -0.2) is 87.0 Å². The SMILES string of the molecule is CCOC1CCN(C(=NC)NCC(C)(C)N2CCOCC2)CC1.I. The van der Waals surface area contributed by atoms with Gasteiger partial charge in [0.2, 0.25) is 0 Å². The fourth-order valence-corrected chi connectivity index (χ4v) is 3.38. The molecule has 142 valence electrons. The molecule has 24 heavy (non-hydrogen) atoms. The highest BCUT2D eigenvalue weighted by Crippen LogP contribution is 2.17. The number of aliphatic imine (C=N–C) groups is 1. The summed E-state index contributed by atoms with van der Waals surface area (Å²) in [5, 5.41) is 3.58. The van der Waals surface area contributed by atoms with Gasteiger partial charge in [0.1, 0.15) is 0 Å². The molecule has 0 bridgehead atoms. The van der Waals surface area contributed by atoms with Gasteiger partial charge in [0.15, 0.2) is 5.96 Å². The first-order valence-corrected chi connectivity index (χ1v) is 8.97. The Hall–Kier alpha value is -0.120. The first-order valence-electron chi connectivity index (χ1n) is 8.97. The molecular formula is C17H35IN4O2. The molecule has 1 N–H and O–H groups in total. The van der Waals surface area contributed by atoms with Crippen molar-refractivity contribution in [3.63, 3.8) is 0 Å². The zero-order valence-electron chi connectivity index (χ0n) is 15.7. The highest BCUT2D eigenvalue weighted by atomic mass is 127. The van der Waals surface area contributed by atoms with Gasteiger partial charge >= 0.3 is 0 Å². The van der Waals surface area contributed by atoms with E-state index < -0.39 is 0 Å². The summed E-state index contributed by atoms with van der Waals surface area (Å²) < 4.78 is 11.2. The number of hydrogen-bond acceptors (Lipinski definition) is 4. The van der Waals surface area contributed by atoms with Crippen molar-refractivity contribution in [1.82, 2.24) is 15.1 Å².